The standard InChI is InChI=1S/C17H21NO6/c1-4-24-13-7-11(5-6-12(13)21)15-14(10(3)20)16(22)17(23)18(15)8-9(2)19/h5-7,9,15,19,21-22H,4,8H2,1-3H3. The van der Waals surface area contributed by atoms with Crippen LogP contribution in [-0.2, 0) is 9.59 Å². The summed E-state index contributed by atoms with van der Waals surface area (Å²) in [5.74, 6) is -1.61. The second kappa shape index (κ2) is 6.92. The van der Waals surface area contributed by atoms with Crippen LogP contribution >= 0.6 is 0 Å². The molecule has 2 unspecified atom stereocenters. The highest BCUT2D eigenvalue weighted by Gasteiger charge is 2.42. The van der Waals surface area contributed by atoms with Crippen molar-refractivity contribution >= 4 is 11.7 Å². The highest BCUT2D eigenvalue weighted by molar-refractivity contribution is 6.08. The first-order valence-electron chi connectivity index (χ1n) is 7.66. The van der Waals surface area contributed by atoms with Gasteiger partial charge in [-0.3, -0.25) is 9.59 Å². The third kappa shape index (κ3) is 3.21. The fourth-order valence-corrected chi connectivity index (χ4v) is 2.80. The number of aliphatic hydroxyl groups excluding tert-OH is 2. The third-order valence-electron chi connectivity index (χ3n) is 3.74. The number of hydrogen-bond acceptors (Lipinski definition) is 6. The van der Waals surface area contributed by atoms with Crippen molar-refractivity contribution in [2.24, 2.45) is 0 Å². The summed E-state index contributed by atoms with van der Waals surface area (Å²) in [6.07, 6.45) is -0.834. The van der Waals surface area contributed by atoms with E-state index < -0.39 is 29.6 Å². The van der Waals surface area contributed by atoms with Gasteiger partial charge in [0.25, 0.3) is 5.91 Å². The molecular weight excluding hydrogens is 314 g/mol. The summed E-state index contributed by atoms with van der Waals surface area (Å²) in [5, 5.41) is 29.5. The van der Waals surface area contributed by atoms with Crippen LogP contribution in [0.15, 0.2) is 29.5 Å². The van der Waals surface area contributed by atoms with Crippen molar-refractivity contribution in [3.63, 3.8) is 0 Å². The van der Waals surface area contributed by atoms with Crippen molar-refractivity contribution in [3.05, 3.63) is 35.1 Å². The summed E-state index contributed by atoms with van der Waals surface area (Å²) in [4.78, 5) is 25.5. The van der Waals surface area contributed by atoms with Crippen molar-refractivity contribution < 1.29 is 29.6 Å². The Labute approximate surface area is 139 Å². The molecule has 24 heavy (non-hydrogen) atoms. The van der Waals surface area contributed by atoms with E-state index in [1.54, 1.807) is 13.0 Å². The van der Waals surface area contributed by atoms with E-state index in [0.717, 1.165) is 0 Å². The van der Waals surface area contributed by atoms with Crippen molar-refractivity contribution in [2.45, 2.75) is 32.9 Å². The topological polar surface area (TPSA) is 107 Å². The number of Topliss-reactive ketones (excluding diaryl/α,β-unsaturated/α-hetero) is 1. The van der Waals surface area contributed by atoms with Gasteiger partial charge < -0.3 is 25.0 Å². The lowest BCUT2D eigenvalue weighted by atomic mass is 9.96. The number of phenols is 1. The molecule has 0 spiro atoms. The number of carbonyl (C=O) groups is 2. The molecule has 130 valence electrons. The minimum absolute atomic E-state index is 0.0335. The van der Waals surface area contributed by atoms with Crippen LogP contribution in [0, 0.1) is 0 Å². The summed E-state index contributed by atoms with van der Waals surface area (Å²) < 4.78 is 5.34. The molecule has 2 atom stereocenters. The van der Waals surface area contributed by atoms with Crippen LogP contribution in [0.4, 0.5) is 0 Å². The summed E-state index contributed by atoms with van der Waals surface area (Å²) >= 11 is 0. The quantitative estimate of drug-likeness (QED) is 0.726. The molecule has 7 heteroatoms. The number of rotatable bonds is 6. The highest BCUT2D eigenvalue weighted by Crippen LogP contribution is 2.40. The number of nitrogens with zero attached hydrogens (tertiary/aromatic N) is 1. The molecule has 0 fully saturated rings. The first-order valence-corrected chi connectivity index (χ1v) is 7.66. The maximum absolute atomic E-state index is 12.3. The van der Waals surface area contributed by atoms with Gasteiger partial charge in [-0.1, -0.05) is 6.07 Å². The van der Waals surface area contributed by atoms with E-state index in [4.69, 9.17) is 4.74 Å². The number of benzene rings is 1. The van der Waals surface area contributed by atoms with E-state index in [1.165, 1.54) is 30.9 Å². The number of ketones is 1. The fourth-order valence-electron chi connectivity index (χ4n) is 2.80. The van der Waals surface area contributed by atoms with Gasteiger partial charge in [0, 0.05) is 6.54 Å². The molecule has 3 N–H and O–H groups in total. The van der Waals surface area contributed by atoms with Gasteiger partial charge in [-0.05, 0) is 38.5 Å². The maximum atomic E-state index is 12.3. The van der Waals surface area contributed by atoms with Crippen LogP contribution in [0.25, 0.3) is 0 Å². The van der Waals surface area contributed by atoms with E-state index in [0.29, 0.717) is 12.2 Å². The number of amides is 1. The second-order valence-corrected chi connectivity index (χ2v) is 5.69. The van der Waals surface area contributed by atoms with Gasteiger partial charge in [-0.2, -0.15) is 0 Å². The average Bonchev–Trinajstić information content (AvgIpc) is 2.74. The molecule has 1 heterocycles. The predicted molar refractivity (Wildman–Crippen MR) is 85.7 cm³/mol. The Kier molecular flexibility index (Phi) is 5.14. The highest BCUT2D eigenvalue weighted by atomic mass is 16.5. The Hall–Kier alpha value is -2.54. The van der Waals surface area contributed by atoms with E-state index in [9.17, 15) is 24.9 Å². The first-order chi connectivity index (χ1) is 11.3. The van der Waals surface area contributed by atoms with Gasteiger partial charge in [-0.25, -0.2) is 0 Å². The molecule has 0 saturated carbocycles. The number of β-amino-alcohol motifs (C(OH)–C–C–N with tert-alkyl or cyclic N) is 1. The molecule has 0 saturated heterocycles. The van der Waals surface area contributed by atoms with Crippen LogP contribution in [0.2, 0.25) is 0 Å². The summed E-state index contributed by atoms with van der Waals surface area (Å²) in [6.45, 7) is 4.82. The lowest BCUT2D eigenvalue weighted by Gasteiger charge is -2.28. The average molecular weight is 335 g/mol. The number of aliphatic hydroxyl groups is 2. The summed E-state index contributed by atoms with van der Waals surface area (Å²) in [7, 11) is 0. The molecule has 1 aromatic carbocycles. The van der Waals surface area contributed by atoms with Gasteiger partial charge in [0.05, 0.1) is 24.3 Å². The van der Waals surface area contributed by atoms with Crippen molar-refractivity contribution in [1.82, 2.24) is 4.90 Å². The van der Waals surface area contributed by atoms with E-state index >= 15 is 0 Å². The van der Waals surface area contributed by atoms with E-state index in [-0.39, 0.29) is 23.6 Å². The van der Waals surface area contributed by atoms with Gasteiger partial charge in [-0.15, -0.1) is 0 Å². The largest absolute Gasteiger partial charge is 0.504 e. The molecule has 2 rings (SSSR count). The monoisotopic (exact) mass is 335 g/mol. The fraction of sp³-hybridized carbons (Fsp3) is 0.412. The van der Waals surface area contributed by atoms with Crippen LogP contribution in [0.1, 0.15) is 32.4 Å². The molecule has 1 aliphatic heterocycles. The zero-order valence-corrected chi connectivity index (χ0v) is 13.8. The molecule has 0 bridgehead atoms. The van der Waals surface area contributed by atoms with Crippen molar-refractivity contribution in [2.75, 3.05) is 13.2 Å². The molecule has 1 aromatic rings. The van der Waals surface area contributed by atoms with E-state index in [2.05, 4.69) is 0 Å². The van der Waals surface area contributed by atoms with Crippen LogP contribution < -0.4 is 4.74 Å². The lowest BCUT2D eigenvalue weighted by Crippen LogP contribution is -2.36. The minimum atomic E-state index is -0.843. The summed E-state index contributed by atoms with van der Waals surface area (Å²) in [5.41, 5.74) is 0.466. The number of ether oxygens (including phenoxy) is 1. The minimum Gasteiger partial charge on any atom is -0.504 e. The van der Waals surface area contributed by atoms with Crippen LogP contribution in [0.5, 0.6) is 11.5 Å². The predicted octanol–water partition coefficient (Wildman–Crippen LogP) is 1.46. The second-order valence-electron chi connectivity index (χ2n) is 5.69. The van der Waals surface area contributed by atoms with Gasteiger partial charge in [0.1, 0.15) is 0 Å². The van der Waals surface area contributed by atoms with Crippen molar-refractivity contribution in [1.29, 1.82) is 0 Å². The van der Waals surface area contributed by atoms with Gasteiger partial charge in [0.15, 0.2) is 23.0 Å². The smallest absolute Gasteiger partial charge is 0.290 e. The molecular formula is C17H21NO6. The molecule has 1 aliphatic rings. The Morgan fingerprint density at radius 3 is 2.58 bits per heavy atom. The molecule has 0 aliphatic carbocycles. The third-order valence-corrected chi connectivity index (χ3v) is 3.74. The number of hydrogen-bond donors (Lipinski definition) is 3. The molecule has 7 nitrogen and oxygen atoms in total. The zero-order chi connectivity index (χ0) is 18.0. The van der Waals surface area contributed by atoms with Crippen LogP contribution in [0.3, 0.4) is 0 Å². The maximum Gasteiger partial charge on any atom is 0.290 e. The number of aromatic hydroxyl groups is 1. The Balaban J connectivity index is 2.55. The Morgan fingerprint density at radius 1 is 1.38 bits per heavy atom. The zero-order valence-electron chi connectivity index (χ0n) is 13.8. The lowest BCUT2D eigenvalue weighted by molar-refractivity contribution is -0.130. The Morgan fingerprint density at radius 2 is 2.04 bits per heavy atom. The van der Waals surface area contributed by atoms with Crippen molar-refractivity contribution in [3.8, 4) is 11.5 Å². The summed E-state index contributed by atoms with van der Waals surface area (Å²) in [6, 6.07) is 3.63. The van der Waals surface area contributed by atoms with Gasteiger partial charge >= 0.3 is 0 Å². The Bertz CT molecular complexity index is 694. The normalized spacial score (nSPS) is 18.9. The number of carbonyl (C=O) groups excluding carboxylic acids is 2. The molecule has 0 radical (unpaired) electrons. The first kappa shape index (κ1) is 17.8. The number of phenolic OH excluding ortho intramolecular Hbond substituents is 1. The van der Waals surface area contributed by atoms with Gasteiger partial charge in [0.2, 0.25) is 0 Å². The van der Waals surface area contributed by atoms with E-state index in [1.807, 2.05) is 0 Å². The molecule has 1 amide bonds. The molecule has 0 aromatic heterocycles. The SMILES string of the molecule is CCOc1cc(C2C(C(C)=O)=C(O)C(=O)N2CC(C)O)ccc1O. The van der Waals surface area contributed by atoms with Crippen LogP contribution in [-0.4, -0.2) is 51.2 Å².